The van der Waals surface area contributed by atoms with E-state index in [0.29, 0.717) is 17.7 Å². The highest BCUT2D eigenvalue weighted by atomic mass is 35.5. The van der Waals surface area contributed by atoms with Crippen molar-refractivity contribution in [2.45, 2.75) is 36.5 Å². The van der Waals surface area contributed by atoms with E-state index in [1.807, 2.05) is 12.1 Å². The lowest BCUT2D eigenvalue weighted by molar-refractivity contribution is -0.0453. The number of aliphatic hydroxyl groups excluding tert-OH is 1. The molecule has 4 aliphatic rings. The normalized spacial score (nSPS) is 38.9. The van der Waals surface area contributed by atoms with Crippen molar-refractivity contribution >= 4 is 12.4 Å². The van der Waals surface area contributed by atoms with Crippen LogP contribution in [0.5, 0.6) is 11.5 Å². The summed E-state index contributed by atoms with van der Waals surface area (Å²) in [7, 11) is 2.19. The molecule has 0 aromatic heterocycles. The van der Waals surface area contributed by atoms with E-state index in [9.17, 15) is 10.2 Å². The molecule has 1 aromatic rings. The molecule has 0 unspecified atom stereocenters. The predicted molar refractivity (Wildman–Crippen MR) is 88.4 cm³/mol. The molecule has 0 radical (unpaired) electrons. The summed E-state index contributed by atoms with van der Waals surface area (Å²) >= 11 is 0. The fourth-order valence-electron chi connectivity index (χ4n) is 5.24. The number of likely N-dealkylation sites (N-methyl/N-ethyl adjacent to an activating group) is 1. The summed E-state index contributed by atoms with van der Waals surface area (Å²) in [6.45, 7) is 1.01. The second-order valence-electron chi connectivity index (χ2n) is 6.93. The van der Waals surface area contributed by atoms with Crippen LogP contribution in [0.2, 0.25) is 0 Å². The van der Waals surface area contributed by atoms with Crippen LogP contribution in [-0.2, 0) is 11.8 Å². The van der Waals surface area contributed by atoms with E-state index in [1.54, 1.807) is 6.07 Å². The van der Waals surface area contributed by atoms with Gasteiger partial charge in [-0.25, -0.2) is 0 Å². The Bertz CT molecular complexity index is 679. The lowest BCUT2D eigenvalue weighted by atomic mass is 9.53. The quantitative estimate of drug-likeness (QED) is 0.685. The summed E-state index contributed by atoms with van der Waals surface area (Å²) in [5, 5.41) is 20.6. The van der Waals surface area contributed by atoms with Crippen molar-refractivity contribution < 1.29 is 20.4 Å². The molecule has 6 heteroatoms. The van der Waals surface area contributed by atoms with Crippen molar-refractivity contribution in [3.8, 4) is 11.5 Å². The molecule has 23 heavy (non-hydrogen) atoms. The van der Waals surface area contributed by atoms with Crippen LogP contribution in [0, 0.1) is 5.92 Å². The number of phenolic OH excluding ortho intramolecular Hbond substituents is 1. The number of halogens is 1. The first-order valence-electron chi connectivity index (χ1n) is 7.71. The zero-order valence-electron chi connectivity index (χ0n) is 12.9. The van der Waals surface area contributed by atoms with E-state index in [4.69, 9.17) is 4.74 Å². The minimum absolute atomic E-state index is 0. The molecule has 1 saturated heterocycles. The Balaban J connectivity index is 0.000000781. The summed E-state index contributed by atoms with van der Waals surface area (Å²) in [5.74, 6) is 1.19. The molecule has 2 aliphatic heterocycles. The first-order chi connectivity index (χ1) is 10.1. The minimum atomic E-state index is -0.594. The van der Waals surface area contributed by atoms with Crippen LogP contribution in [-0.4, -0.2) is 52.4 Å². The number of hydrogen-bond donors (Lipinski definition) is 2. The number of benzene rings is 1. The summed E-state index contributed by atoms with van der Waals surface area (Å²) in [6.07, 6.45) is 5.18. The molecule has 2 bridgehead atoms. The van der Waals surface area contributed by atoms with Gasteiger partial charge in [-0.2, -0.15) is 0 Å². The number of nitrogens with zero attached hydrogens (tertiary/aromatic N) is 1. The van der Waals surface area contributed by atoms with Gasteiger partial charge in [0.15, 0.2) is 11.5 Å². The molecule has 5 rings (SSSR count). The Labute approximate surface area is 141 Å². The Morgan fingerprint density at radius 3 is 2.87 bits per heavy atom. The van der Waals surface area contributed by atoms with Crippen LogP contribution < -0.4 is 4.74 Å². The van der Waals surface area contributed by atoms with E-state index in [-0.39, 0.29) is 35.2 Å². The topological polar surface area (TPSA) is 84.4 Å². The monoisotopic (exact) mass is 339 g/mol. The molecule has 126 valence electrons. The summed E-state index contributed by atoms with van der Waals surface area (Å²) < 4.78 is 6.09. The van der Waals surface area contributed by atoms with Gasteiger partial charge in [-0.15, -0.1) is 12.4 Å². The molecule has 2 heterocycles. The maximum atomic E-state index is 10.4. The van der Waals surface area contributed by atoms with Crippen molar-refractivity contribution in [3.05, 3.63) is 35.4 Å². The van der Waals surface area contributed by atoms with Gasteiger partial charge in [0.2, 0.25) is 0 Å². The minimum Gasteiger partial charge on any atom is -0.504 e. The number of phenols is 1. The van der Waals surface area contributed by atoms with Crippen molar-refractivity contribution in [2.75, 3.05) is 13.6 Å². The Morgan fingerprint density at radius 1 is 1.30 bits per heavy atom. The maximum absolute atomic E-state index is 10.4. The average molecular weight is 340 g/mol. The van der Waals surface area contributed by atoms with Crippen molar-refractivity contribution in [3.63, 3.8) is 0 Å². The zero-order chi connectivity index (χ0) is 14.4. The largest absolute Gasteiger partial charge is 0.504 e. The summed E-state index contributed by atoms with van der Waals surface area (Å²) in [5.41, 5.74) is 2.29. The molecule has 5 atom stereocenters. The molecule has 0 saturated carbocycles. The molecule has 1 aromatic carbocycles. The highest BCUT2D eigenvalue weighted by molar-refractivity contribution is 5.85. The van der Waals surface area contributed by atoms with Gasteiger partial charge in [0, 0.05) is 22.9 Å². The smallest absolute Gasteiger partial charge is 0.165 e. The van der Waals surface area contributed by atoms with Gasteiger partial charge in [-0.1, -0.05) is 18.2 Å². The third-order valence-corrected chi connectivity index (χ3v) is 6.15. The van der Waals surface area contributed by atoms with Gasteiger partial charge < -0.3 is 25.3 Å². The van der Waals surface area contributed by atoms with Gasteiger partial charge in [0.25, 0.3) is 0 Å². The Morgan fingerprint density at radius 2 is 2.09 bits per heavy atom. The molecule has 2 aliphatic carbocycles. The molecular weight excluding hydrogens is 318 g/mol. The molecule has 0 amide bonds. The van der Waals surface area contributed by atoms with Crippen LogP contribution in [0.1, 0.15) is 17.5 Å². The van der Waals surface area contributed by atoms with Crippen LogP contribution >= 0.6 is 12.4 Å². The van der Waals surface area contributed by atoms with Crippen LogP contribution in [0.15, 0.2) is 24.3 Å². The zero-order valence-corrected chi connectivity index (χ0v) is 13.7. The van der Waals surface area contributed by atoms with Gasteiger partial charge >= 0.3 is 0 Å². The Kier molecular flexibility index (Phi) is 3.69. The third kappa shape index (κ3) is 1.74. The Hall–Kier alpha value is -1.27. The lowest BCUT2D eigenvalue weighted by Crippen LogP contribution is -2.64. The highest BCUT2D eigenvalue weighted by Crippen LogP contribution is 2.62. The first kappa shape index (κ1) is 16.6. The van der Waals surface area contributed by atoms with Crippen LogP contribution in [0.4, 0.5) is 0 Å². The fourth-order valence-corrected chi connectivity index (χ4v) is 5.24. The van der Waals surface area contributed by atoms with E-state index < -0.39 is 6.10 Å². The average Bonchev–Trinajstić information content (AvgIpc) is 2.83. The lowest BCUT2D eigenvalue weighted by Gasteiger charge is -2.56. The van der Waals surface area contributed by atoms with Gasteiger partial charge in [0.1, 0.15) is 12.2 Å². The first-order valence-corrected chi connectivity index (χ1v) is 7.71. The fraction of sp³-hybridized carbons (Fsp3) is 0.529. The number of aromatic hydroxyl groups is 1. The van der Waals surface area contributed by atoms with Gasteiger partial charge in [0.05, 0.1) is 0 Å². The molecule has 5 nitrogen and oxygen atoms in total. The van der Waals surface area contributed by atoms with E-state index in [1.165, 1.54) is 11.1 Å². The second kappa shape index (κ2) is 5.11. The predicted octanol–water partition coefficient (Wildman–Crippen LogP) is 0.795. The number of ether oxygens (including phenoxy) is 1. The second-order valence-corrected chi connectivity index (χ2v) is 6.93. The number of piperidine rings is 1. The molecule has 4 N–H and O–H groups in total. The van der Waals surface area contributed by atoms with E-state index >= 15 is 0 Å². The molecular formula is C17H22ClNO4. The molecule has 1 spiro atoms. The van der Waals surface area contributed by atoms with Crippen molar-refractivity contribution in [1.29, 1.82) is 0 Å². The number of likely N-dealkylation sites (tertiary alicyclic amines) is 1. The van der Waals surface area contributed by atoms with Crippen LogP contribution in [0.25, 0.3) is 0 Å². The third-order valence-electron chi connectivity index (χ3n) is 6.15. The van der Waals surface area contributed by atoms with E-state index in [2.05, 4.69) is 18.0 Å². The van der Waals surface area contributed by atoms with E-state index in [0.717, 1.165) is 19.4 Å². The molecule has 1 fully saturated rings. The van der Waals surface area contributed by atoms with Crippen molar-refractivity contribution in [1.82, 2.24) is 4.90 Å². The maximum Gasteiger partial charge on any atom is 0.165 e. The van der Waals surface area contributed by atoms with Crippen molar-refractivity contribution in [2.24, 2.45) is 5.92 Å². The SMILES string of the molecule is CN1CC[C@]23c4c5ccc(O)c4O[C@H]2[C@@H](O)C=C[C@H]3[C@H]1C5.Cl.O. The summed E-state index contributed by atoms with van der Waals surface area (Å²) in [6, 6.07) is 4.23. The van der Waals surface area contributed by atoms with Crippen LogP contribution in [0.3, 0.4) is 0 Å². The highest BCUT2D eigenvalue weighted by Gasteiger charge is 2.64. The number of hydrogen-bond acceptors (Lipinski definition) is 4. The summed E-state index contributed by atoms with van der Waals surface area (Å²) in [4.78, 5) is 2.43. The van der Waals surface area contributed by atoms with Gasteiger partial charge in [-0.3, -0.25) is 0 Å². The standard InChI is InChI=1S/C17H19NO3.ClH.H2O/c1-18-7-6-17-10-3-5-13(20)16(17)21-15-12(19)4-2-9(14(15)17)8-11(10)18;;/h2-5,10-11,13,16,19-20H,6-8H2,1H3;1H;1H2/t10-,11+,13-,16-,17-;;/m0../s1. The number of aliphatic hydroxyl groups is 1. The van der Waals surface area contributed by atoms with Gasteiger partial charge in [-0.05, 0) is 38.1 Å². The number of rotatable bonds is 0.